The monoisotopic (exact) mass is 496 g/mol. The minimum absolute atomic E-state index is 0.0607. The average Bonchev–Trinajstić information content (AvgIpc) is 2.97. The van der Waals surface area contributed by atoms with Crippen LogP contribution in [0.5, 0.6) is 0 Å². The largest absolute Gasteiger partial charge is 0.469 e. The number of rotatable bonds is 13. The molecule has 1 rings (SSSR count). The molecule has 0 amide bonds. The first-order valence-electron chi connectivity index (χ1n) is 11.1. The van der Waals surface area contributed by atoms with E-state index in [4.69, 9.17) is 21.1 Å². The maximum atomic E-state index is 12.7. The van der Waals surface area contributed by atoms with Gasteiger partial charge in [0.15, 0.2) is 6.10 Å². The number of carbonyl (C=O) groups is 4. The SMILES string of the molecule is CC/C=C\C/C=C\C[C@@]1(O)C=C(Cl)C(=O)/C1=C\[C@H](OC(C)=O)[C@H](CCCC(=O)OC)OC(C)=O. The van der Waals surface area contributed by atoms with E-state index in [9.17, 15) is 24.3 Å². The van der Waals surface area contributed by atoms with E-state index in [-0.39, 0.29) is 36.3 Å². The fourth-order valence-corrected chi connectivity index (χ4v) is 3.68. The second kappa shape index (κ2) is 14.5. The predicted octanol–water partition coefficient (Wildman–Crippen LogP) is 3.86. The van der Waals surface area contributed by atoms with Gasteiger partial charge in [-0.2, -0.15) is 0 Å². The summed E-state index contributed by atoms with van der Waals surface area (Å²) < 4.78 is 15.3. The number of allylic oxidation sites excluding steroid dienone is 4. The van der Waals surface area contributed by atoms with Crippen LogP contribution in [-0.2, 0) is 33.4 Å². The van der Waals surface area contributed by atoms with Crippen LogP contribution in [0.3, 0.4) is 0 Å². The molecular formula is C25H33ClO8. The third kappa shape index (κ3) is 9.65. The summed E-state index contributed by atoms with van der Waals surface area (Å²) in [6.45, 7) is 4.39. The van der Waals surface area contributed by atoms with Gasteiger partial charge in [0, 0.05) is 32.3 Å². The second-order valence-corrected chi connectivity index (χ2v) is 8.21. The van der Waals surface area contributed by atoms with Crippen molar-refractivity contribution >= 4 is 35.3 Å². The molecule has 0 radical (unpaired) electrons. The zero-order valence-electron chi connectivity index (χ0n) is 20.0. The van der Waals surface area contributed by atoms with Crippen LogP contribution < -0.4 is 0 Å². The fraction of sp³-hybridized carbons (Fsp3) is 0.520. The number of Topliss-reactive ketones (excluding diaryl/α,β-unsaturated/α-hetero) is 1. The molecule has 8 nitrogen and oxygen atoms in total. The quantitative estimate of drug-likeness (QED) is 0.177. The van der Waals surface area contributed by atoms with Crippen molar-refractivity contribution < 1.29 is 38.5 Å². The second-order valence-electron chi connectivity index (χ2n) is 7.81. The molecule has 0 aliphatic heterocycles. The van der Waals surface area contributed by atoms with Gasteiger partial charge in [0.05, 0.1) is 12.1 Å². The van der Waals surface area contributed by atoms with Crippen LogP contribution in [-0.4, -0.2) is 53.7 Å². The van der Waals surface area contributed by atoms with Crippen molar-refractivity contribution in [2.45, 2.75) is 77.1 Å². The molecule has 34 heavy (non-hydrogen) atoms. The minimum Gasteiger partial charge on any atom is -0.469 e. The van der Waals surface area contributed by atoms with Gasteiger partial charge in [-0.05, 0) is 37.8 Å². The molecule has 0 heterocycles. The van der Waals surface area contributed by atoms with Gasteiger partial charge < -0.3 is 19.3 Å². The smallest absolute Gasteiger partial charge is 0.305 e. The van der Waals surface area contributed by atoms with Crippen LogP contribution in [0.25, 0.3) is 0 Å². The van der Waals surface area contributed by atoms with Crippen LogP contribution in [0.4, 0.5) is 0 Å². The van der Waals surface area contributed by atoms with Crippen LogP contribution >= 0.6 is 11.6 Å². The van der Waals surface area contributed by atoms with Gasteiger partial charge in [0.25, 0.3) is 0 Å². The Bertz CT molecular complexity index is 870. The van der Waals surface area contributed by atoms with E-state index in [1.807, 2.05) is 25.2 Å². The highest BCUT2D eigenvalue weighted by Gasteiger charge is 2.42. The summed E-state index contributed by atoms with van der Waals surface area (Å²) in [5.74, 6) is -2.37. The first kappa shape index (κ1) is 29.3. The first-order valence-corrected chi connectivity index (χ1v) is 11.5. The molecule has 0 saturated carbocycles. The van der Waals surface area contributed by atoms with Crippen molar-refractivity contribution in [1.29, 1.82) is 0 Å². The van der Waals surface area contributed by atoms with E-state index in [0.29, 0.717) is 6.42 Å². The third-order valence-electron chi connectivity index (χ3n) is 4.98. The zero-order chi connectivity index (χ0) is 25.7. The lowest BCUT2D eigenvalue weighted by Crippen LogP contribution is -2.36. The Morgan fingerprint density at radius 2 is 1.76 bits per heavy atom. The van der Waals surface area contributed by atoms with Gasteiger partial charge in [0.2, 0.25) is 5.78 Å². The summed E-state index contributed by atoms with van der Waals surface area (Å²) in [5.41, 5.74) is -1.80. The molecule has 0 saturated heterocycles. The van der Waals surface area contributed by atoms with Crippen molar-refractivity contribution in [2.75, 3.05) is 7.11 Å². The molecule has 188 valence electrons. The summed E-state index contributed by atoms with van der Waals surface area (Å²) in [5, 5.41) is 11.0. The zero-order valence-corrected chi connectivity index (χ0v) is 20.8. The van der Waals surface area contributed by atoms with Gasteiger partial charge in [-0.15, -0.1) is 0 Å². The van der Waals surface area contributed by atoms with E-state index in [0.717, 1.165) is 6.42 Å². The van der Waals surface area contributed by atoms with Crippen molar-refractivity contribution in [3.63, 3.8) is 0 Å². The van der Waals surface area contributed by atoms with Crippen molar-refractivity contribution in [3.8, 4) is 0 Å². The van der Waals surface area contributed by atoms with Crippen LogP contribution in [0.15, 0.2) is 47.1 Å². The lowest BCUT2D eigenvalue weighted by atomic mass is 9.90. The van der Waals surface area contributed by atoms with E-state index in [1.165, 1.54) is 33.1 Å². The Labute approximate surface area is 205 Å². The summed E-state index contributed by atoms with van der Waals surface area (Å²) in [6.07, 6.45) is 10.0. The predicted molar refractivity (Wildman–Crippen MR) is 127 cm³/mol. The highest BCUT2D eigenvalue weighted by atomic mass is 35.5. The van der Waals surface area contributed by atoms with Crippen molar-refractivity contribution in [1.82, 2.24) is 0 Å². The summed E-state index contributed by atoms with van der Waals surface area (Å²) in [4.78, 5) is 47.7. The number of hydrogen-bond donors (Lipinski definition) is 1. The standard InChI is InChI=1S/C25H33ClO8/c1-5-6-7-8-9-10-14-25(31)16-20(26)24(30)19(25)15-22(34-18(3)28)21(33-17(2)27)12-11-13-23(29)32-4/h6-7,9-10,15-16,21-22,31H,5,8,11-14H2,1-4H3/b7-6-,10-9-,19-15+/t21-,22-,25+/m0/s1. The lowest BCUT2D eigenvalue weighted by Gasteiger charge is -2.27. The Morgan fingerprint density at radius 3 is 2.35 bits per heavy atom. The van der Waals surface area contributed by atoms with E-state index in [2.05, 4.69) is 4.74 Å². The van der Waals surface area contributed by atoms with Gasteiger partial charge >= 0.3 is 17.9 Å². The number of hydrogen-bond acceptors (Lipinski definition) is 8. The Hall–Kier alpha value is -2.71. The van der Waals surface area contributed by atoms with Crippen LogP contribution in [0.1, 0.15) is 59.3 Å². The molecule has 9 heteroatoms. The molecule has 0 unspecified atom stereocenters. The number of ketones is 1. The normalized spacial score (nSPS) is 21.1. The molecule has 1 aliphatic carbocycles. The first-order chi connectivity index (χ1) is 16.0. The number of ether oxygens (including phenoxy) is 3. The minimum atomic E-state index is -1.72. The highest BCUT2D eigenvalue weighted by Crippen LogP contribution is 2.37. The molecule has 1 N–H and O–H groups in total. The molecule has 0 aromatic carbocycles. The van der Waals surface area contributed by atoms with Crippen LogP contribution in [0, 0.1) is 0 Å². The number of esters is 3. The maximum Gasteiger partial charge on any atom is 0.305 e. The summed E-state index contributed by atoms with van der Waals surface area (Å²) in [7, 11) is 1.26. The van der Waals surface area contributed by atoms with E-state index >= 15 is 0 Å². The van der Waals surface area contributed by atoms with Crippen molar-refractivity contribution in [3.05, 3.63) is 47.1 Å². The maximum absolute atomic E-state index is 12.7. The molecule has 0 spiro atoms. The summed E-state index contributed by atoms with van der Waals surface area (Å²) >= 11 is 6.04. The van der Waals surface area contributed by atoms with Gasteiger partial charge in [-0.1, -0.05) is 42.8 Å². The molecule has 3 atom stereocenters. The molecule has 0 aromatic rings. The molecule has 0 bridgehead atoms. The topological polar surface area (TPSA) is 116 Å². The van der Waals surface area contributed by atoms with Gasteiger partial charge in [-0.3, -0.25) is 19.2 Å². The number of aliphatic hydroxyl groups is 1. The number of methoxy groups -OCH3 is 1. The van der Waals surface area contributed by atoms with Crippen molar-refractivity contribution in [2.24, 2.45) is 0 Å². The van der Waals surface area contributed by atoms with Crippen LogP contribution in [0.2, 0.25) is 0 Å². The number of carbonyl (C=O) groups excluding carboxylic acids is 4. The number of halogens is 1. The molecule has 0 aromatic heterocycles. The Balaban J connectivity index is 3.23. The van der Waals surface area contributed by atoms with Gasteiger partial charge in [-0.25, -0.2) is 0 Å². The summed E-state index contributed by atoms with van der Waals surface area (Å²) in [6, 6.07) is 0. The average molecular weight is 497 g/mol. The van der Waals surface area contributed by atoms with E-state index < -0.39 is 41.5 Å². The molecular weight excluding hydrogens is 464 g/mol. The fourth-order valence-electron chi connectivity index (χ4n) is 3.39. The third-order valence-corrected chi connectivity index (χ3v) is 5.26. The van der Waals surface area contributed by atoms with E-state index in [1.54, 1.807) is 6.08 Å². The lowest BCUT2D eigenvalue weighted by molar-refractivity contribution is -0.162. The Kier molecular flexibility index (Phi) is 12.5. The highest BCUT2D eigenvalue weighted by molar-refractivity contribution is 6.46. The van der Waals surface area contributed by atoms with Gasteiger partial charge in [0.1, 0.15) is 11.7 Å². The molecule has 1 aliphatic rings. The molecule has 0 fully saturated rings. The Morgan fingerprint density at radius 1 is 1.12 bits per heavy atom.